The van der Waals surface area contributed by atoms with E-state index in [1.807, 2.05) is 32.9 Å². The Balaban J connectivity index is 1.43. The van der Waals surface area contributed by atoms with Gasteiger partial charge in [0.05, 0.1) is 12.2 Å². The average Bonchev–Trinajstić information content (AvgIpc) is 2.91. The van der Waals surface area contributed by atoms with Crippen LogP contribution in [0.3, 0.4) is 0 Å². The summed E-state index contributed by atoms with van der Waals surface area (Å²) >= 11 is 0. The van der Waals surface area contributed by atoms with E-state index in [-0.39, 0.29) is 0 Å². The Labute approximate surface area is 175 Å². The Morgan fingerprint density at radius 2 is 1.76 bits per heavy atom. The van der Waals surface area contributed by atoms with E-state index in [9.17, 15) is 4.79 Å². The number of hydrogen-bond donors (Lipinski definition) is 1. The van der Waals surface area contributed by atoms with E-state index >= 15 is 0 Å². The molecule has 1 saturated carbocycles. The maximum Gasteiger partial charge on any atom is 0.413 e. The van der Waals surface area contributed by atoms with E-state index in [0.29, 0.717) is 18.0 Å². The molecule has 1 aromatic heterocycles. The number of amides is 1. The Hall–Kier alpha value is -1.66. The lowest BCUT2D eigenvalue weighted by atomic mass is 10.1. The number of anilines is 1. The molecule has 3 rings (SSSR count). The van der Waals surface area contributed by atoms with Gasteiger partial charge < -0.3 is 9.47 Å². The number of nitrogens with one attached hydrogen (secondary N) is 1. The van der Waals surface area contributed by atoms with Crippen LogP contribution in [0, 0.1) is 0 Å². The lowest BCUT2D eigenvalue weighted by molar-refractivity contribution is -0.0486. The van der Waals surface area contributed by atoms with Crippen molar-refractivity contribution in [1.29, 1.82) is 0 Å². The molecule has 1 N–H and O–H groups in total. The molecule has 0 unspecified atom stereocenters. The largest absolute Gasteiger partial charge is 0.444 e. The second kappa shape index (κ2) is 10.4. The number of carbonyl (C=O) groups is 1. The molecule has 0 spiro atoms. The fourth-order valence-corrected chi connectivity index (χ4v) is 4.16. The Bertz CT molecular complexity index is 643. The number of nitrogens with zero attached hydrogens (tertiary/aromatic N) is 2. The van der Waals surface area contributed by atoms with Gasteiger partial charge in [-0.3, -0.25) is 10.2 Å². The van der Waals surface area contributed by atoms with E-state index in [1.165, 1.54) is 38.5 Å². The van der Waals surface area contributed by atoms with E-state index in [1.54, 1.807) is 6.20 Å². The van der Waals surface area contributed by atoms with Crippen molar-refractivity contribution in [2.24, 2.45) is 0 Å². The van der Waals surface area contributed by atoms with Crippen LogP contribution in [0.25, 0.3) is 0 Å². The van der Waals surface area contributed by atoms with Gasteiger partial charge in [-0.05, 0) is 64.2 Å². The van der Waals surface area contributed by atoms with Gasteiger partial charge in [0, 0.05) is 25.8 Å². The van der Waals surface area contributed by atoms with Crippen molar-refractivity contribution in [2.75, 3.05) is 18.4 Å². The molecule has 162 valence electrons. The van der Waals surface area contributed by atoms with Gasteiger partial charge >= 0.3 is 6.09 Å². The first-order valence-electron chi connectivity index (χ1n) is 11.2. The van der Waals surface area contributed by atoms with Gasteiger partial charge in [0.25, 0.3) is 0 Å². The maximum absolute atomic E-state index is 12.0. The third kappa shape index (κ3) is 7.94. The number of likely N-dealkylation sites (tertiary alicyclic amines) is 1. The van der Waals surface area contributed by atoms with Crippen LogP contribution in [0.15, 0.2) is 18.3 Å². The van der Waals surface area contributed by atoms with Crippen LogP contribution in [-0.2, 0) is 16.0 Å². The lowest BCUT2D eigenvalue weighted by Crippen LogP contribution is -2.38. The van der Waals surface area contributed by atoms with Crippen molar-refractivity contribution in [3.05, 3.63) is 23.9 Å². The van der Waals surface area contributed by atoms with Gasteiger partial charge in [0.15, 0.2) is 0 Å². The summed E-state index contributed by atoms with van der Waals surface area (Å²) in [5.74, 6) is 0.531. The molecule has 6 nitrogen and oxygen atoms in total. The summed E-state index contributed by atoms with van der Waals surface area (Å²) in [5.41, 5.74) is 0.624. The SMILES string of the molecule is CC(C)(C)OC(=O)Nc1cc(CN2CCC(OC3CCCCCC3)CC2)ccn1. The van der Waals surface area contributed by atoms with Gasteiger partial charge in [0.2, 0.25) is 0 Å². The number of carbonyl (C=O) groups excluding carboxylic acids is 1. The van der Waals surface area contributed by atoms with Crippen molar-refractivity contribution in [3.8, 4) is 0 Å². The summed E-state index contributed by atoms with van der Waals surface area (Å²) < 4.78 is 11.7. The summed E-state index contributed by atoms with van der Waals surface area (Å²) in [7, 11) is 0. The molecule has 2 aliphatic rings. The van der Waals surface area contributed by atoms with Crippen LogP contribution >= 0.6 is 0 Å². The third-order valence-corrected chi connectivity index (χ3v) is 5.58. The molecule has 2 fully saturated rings. The highest BCUT2D eigenvalue weighted by Crippen LogP contribution is 2.25. The van der Waals surface area contributed by atoms with Crippen LogP contribution in [0.1, 0.15) is 77.7 Å². The molecule has 0 atom stereocenters. The molecule has 1 amide bonds. The van der Waals surface area contributed by atoms with E-state index < -0.39 is 11.7 Å². The smallest absolute Gasteiger partial charge is 0.413 e. The first-order valence-corrected chi connectivity index (χ1v) is 11.2. The highest BCUT2D eigenvalue weighted by Gasteiger charge is 2.24. The monoisotopic (exact) mass is 403 g/mol. The van der Waals surface area contributed by atoms with Crippen molar-refractivity contribution in [1.82, 2.24) is 9.88 Å². The quantitative estimate of drug-likeness (QED) is 0.690. The summed E-state index contributed by atoms with van der Waals surface area (Å²) in [4.78, 5) is 18.6. The van der Waals surface area contributed by atoms with Gasteiger partial charge in [-0.15, -0.1) is 0 Å². The van der Waals surface area contributed by atoms with Crippen LogP contribution < -0.4 is 5.32 Å². The first-order chi connectivity index (χ1) is 13.9. The fraction of sp³-hybridized carbons (Fsp3) is 0.739. The predicted octanol–water partition coefficient (Wildman–Crippen LogP) is 5.13. The highest BCUT2D eigenvalue weighted by molar-refractivity contribution is 5.83. The fourth-order valence-electron chi connectivity index (χ4n) is 4.16. The van der Waals surface area contributed by atoms with E-state index in [4.69, 9.17) is 9.47 Å². The van der Waals surface area contributed by atoms with Crippen molar-refractivity contribution in [2.45, 2.75) is 96.5 Å². The molecule has 29 heavy (non-hydrogen) atoms. The van der Waals surface area contributed by atoms with Gasteiger partial charge in [-0.2, -0.15) is 0 Å². The summed E-state index contributed by atoms with van der Waals surface area (Å²) in [6, 6.07) is 3.94. The minimum atomic E-state index is -0.523. The van der Waals surface area contributed by atoms with Crippen molar-refractivity contribution in [3.63, 3.8) is 0 Å². The molecule has 6 heteroatoms. The van der Waals surface area contributed by atoms with Crippen molar-refractivity contribution < 1.29 is 14.3 Å². The maximum atomic E-state index is 12.0. The molecular weight excluding hydrogens is 366 g/mol. The molecule has 1 aromatic rings. The molecule has 2 heterocycles. The van der Waals surface area contributed by atoms with Crippen LogP contribution in [0.2, 0.25) is 0 Å². The standard InChI is InChI=1S/C23H37N3O3/c1-23(2,3)29-22(27)25-21-16-18(10-13-24-21)17-26-14-11-20(12-15-26)28-19-8-6-4-5-7-9-19/h10,13,16,19-20H,4-9,11-12,14-15,17H2,1-3H3,(H,24,25,27). The van der Waals surface area contributed by atoms with Gasteiger partial charge in [0.1, 0.15) is 11.4 Å². The summed E-state index contributed by atoms with van der Waals surface area (Å²) in [5, 5.41) is 2.72. The lowest BCUT2D eigenvalue weighted by Gasteiger charge is -2.34. The topological polar surface area (TPSA) is 63.7 Å². The molecular formula is C23H37N3O3. The van der Waals surface area contributed by atoms with Crippen molar-refractivity contribution >= 4 is 11.9 Å². The van der Waals surface area contributed by atoms with E-state index in [0.717, 1.165) is 38.0 Å². The summed E-state index contributed by atoms with van der Waals surface area (Å²) in [6.45, 7) is 8.50. The molecule has 1 saturated heterocycles. The zero-order chi connectivity index (χ0) is 20.7. The number of ether oxygens (including phenoxy) is 2. The molecule has 1 aliphatic heterocycles. The molecule has 1 aliphatic carbocycles. The zero-order valence-corrected chi connectivity index (χ0v) is 18.3. The van der Waals surface area contributed by atoms with Crippen LogP contribution in [0.4, 0.5) is 10.6 Å². The second-order valence-corrected chi connectivity index (χ2v) is 9.40. The van der Waals surface area contributed by atoms with E-state index in [2.05, 4.69) is 15.2 Å². The minimum Gasteiger partial charge on any atom is -0.444 e. The first kappa shape index (κ1) is 22.0. The third-order valence-electron chi connectivity index (χ3n) is 5.58. The summed E-state index contributed by atoms with van der Waals surface area (Å²) in [6.07, 6.45) is 12.2. The number of rotatable bonds is 5. The molecule has 0 radical (unpaired) electrons. The number of piperidine rings is 1. The molecule has 0 bridgehead atoms. The normalized spacial score (nSPS) is 20.2. The number of aromatic nitrogens is 1. The predicted molar refractivity (Wildman–Crippen MR) is 115 cm³/mol. The van der Waals surface area contributed by atoms with Crippen LogP contribution in [0.5, 0.6) is 0 Å². The molecule has 0 aromatic carbocycles. The average molecular weight is 404 g/mol. The Kier molecular flexibility index (Phi) is 7.90. The zero-order valence-electron chi connectivity index (χ0n) is 18.3. The second-order valence-electron chi connectivity index (χ2n) is 9.40. The number of hydrogen-bond acceptors (Lipinski definition) is 5. The van der Waals surface area contributed by atoms with Gasteiger partial charge in [-0.25, -0.2) is 9.78 Å². The Morgan fingerprint density at radius 3 is 2.41 bits per heavy atom. The Morgan fingerprint density at radius 1 is 1.10 bits per heavy atom. The van der Waals surface area contributed by atoms with Crippen LogP contribution in [-0.4, -0.2) is 46.9 Å². The minimum absolute atomic E-state index is 0.413. The highest BCUT2D eigenvalue weighted by atomic mass is 16.6. The van der Waals surface area contributed by atoms with Gasteiger partial charge in [-0.1, -0.05) is 25.7 Å². The number of pyridine rings is 1.